The summed E-state index contributed by atoms with van der Waals surface area (Å²) in [6.45, 7) is 5.97. The number of carbonyl (C=O) groups is 1. The van der Waals surface area contributed by atoms with Gasteiger partial charge in [0, 0.05) is 37.7 Å². The molecule has 0 saturated heterocycles. The van der Waals surface area contributed by atoms with Crippen LogP contribution in [0.2, 0.25) is 0 Å². The lowest BCUT2D eigenvalue weighted by Gasteiger charge is -2.23. The van der Waals surface area contributed by atoms with Gasteiger partial charge in [-0.2, -0.15) is 0 Å². The number of fused-ring (bicyclic) bond motifs is 1. The van der Waals surface area contributed by atoms with Crippen LogP contribution in [0.5, 0.6) is 0 Å². The Morgan fingerprint density at radius 1 is 0.919 bits per heavy atom. The molecule has 4 heteroatoms. The molecule has 5 rings (SSSR count). The van der Waals surface area contributed by atoms with Crippen molar-refractivity contribution in [2.75, 3.05) is 6.54 Å². The van der Waals surface area contributed by atoms with E-state index >= 15 is 0 Å². The fourth-order valence-corrected chi connectivity index (χ4v) is 5.18. The molecule has 37 heavy (non-hydrogen) atoms. The predicted octanol–water partition coefficient (Wildman–Crippen LogP) is 6.93. The highest BCUT2D eigenvalue weighted by Crippen LogP contribution is 2.28. The van der Waals surface area contributed by atoms with Crippen molar-refractivity contribution in [1.82, 2.24) is 14.9 Å². The second kappa shape index (κ2) is 11.6. The van der Waals surface area contributed by atoms with Gasteiger partial charge in [-0.15, -0.1) is 0 Å². The van der Waals surface area contributed by atoms with Crippen LogP contribution in [0.4, 0.5) is 0 Å². The van der Waals surface area contributed by atoms with E-state index in [9.17, 15) is 4.79 Å². The van der Waals surface area contributed by atoms with Gasteiger partial charge in [0.1, 0.15) is 5.82 Å². The highest BCUT2D eigenvalue weighted by molar-refractivity contribution is 5.75. The summed E-state index contributed by atoms with van der Waals surface area (Å²) < 4.78 is 2.28. The topological polar surface area (TPSA) is 46.9 Å². The van der Waals surface area contributed by atoms with Gasteiger partial charge in [0.05, 0.1) is 5.69 Å². The Balaban J connectivity index is 1.11. The number of aromatic nitrogens is 2. The average Bonchev–Trinajstić information content (AvgIpc) is 3.36. The van der Waals surface area contributed by atoms with Crippen LogP contribution in [0.25, 0.3) is 22.4 Å². The molecule has 1 atom stereocenters. The predicted molar refractivity (Wildman–Crippen MR) is 151 cm³/mol. The number of nitrogens with zero attached hydrogens (tertiary/aromatic N) is 2. The molecule has 4 nitrogen and oxygen atoms in total. The molecule has 2 heterocycles. The summed E-state index contributed by atoms with van der Waals surface area (Å²) in [6, 6.07) is 25.9. The SMILES string of the molecule is Cc1ccc(-c2ccc(-c3cn4c(n3)CCC(CNC(=O)CCCCc3ccccc3)C4)cc2)cc1C. The average molecular weight is 492 g/mol. The fourth-order valence-electron chi connectivity index (χ4n) is 5.18. The number of aryl methyl sites for hydroxylation is 4. The maximum Gasteiger partial charge on any atom is 0.220 e. The van der Waals surface area contributed by atoms with Crippen molar-refractivity contribution in [1.29, 1.82) is 0 Å². The van der Waals surface area contributed by atoms with E-state index < -0.39 is 0 Å². The first-order valence-electron chi connectivity index (χ1n) is 13.6. The molecule has 0 aliphatic carbocycles. The van der Waals surface area contributed by atoms with Gasteiger partial charge in [0.25, 0.3) is 0 Å². The van der Waals surface area contributed by atoms with Crippen LogP contribution in [0.1, 0.15) is 48.2 Å². The van der Waals surface area contributed by atoms with Crippen molar-refractivity contribution >= 4 is 5.91 Å². The van der Waals surface area contributed by atoms with E-state index in [1.54, 1.807) is 0 Å². The van der Waals surface area contributed by atoms with Crippen LogP contribution < -0.4 is 5.32 Å². The van der Waals surface area contributed by atoms with Gasteiger partial charge in [-0.05, 0) is 73.3 Å². The van der Waals surface area contributed by atoms with Gasteiger partial charge in [0.15, 0.2) is 0 Å². The lowest BCUT2D eigenvalue weighted by Crippen LogP contribution is -2.33. The smallest absolute Gasteiger partial charge is 0.220 e. The first-order valence-corrected chi connectivity index (χ1v) is 13.6. The third-order valence-corrected chi connectivity index (χ3v) is 7.66. The first kappa shape index (κ1) is 25.0. The Hall–Kier alpha value is -3.66. The number of amides is 1. The molecule has 1 aliphatic heterocycles. The summed E-state index contributed by atoms with van der Waals surface area (Å²) in [6.07, 6.45) is 7.83. The second-order valence-corrected chi connectivity index (χ2v) is 10.5. The van der Waals surface area contributed by atoms with Crippen LogP contribution in [0, 0.1) is 19.8 Å². The van der Waals surface area contributed by atoms with E-state index in [0.717, 1.165) is 62.3 Å². The number of unbranched alkanes of at least 4 members (excludes halogenated alkanes) is 1. The van der Waals surface area contributed by atoms with Crippen LogP contribution in [-0.4, -0.2) is 22.0 Å². The summed E-state index contributed by atoms with van der Waals surface area (Å²) in [7, 11) is 0. The number of hydrogen-bond acceptors (Lipinski definition) is 2. The molecule has 4 aromatic rings. The summed E-state index contributed by atoms with van der Waals surface area (Å²) in [5.41, 5.74) is 8.64. The van der Waals surface area contributed by atoms with Gasteiger partial charge in [0.2, 0.25) is 5.91 Å². The molecular formula is C33H37N3O. The quantitative estimate of drug-likeness (QED) is 0.258. The molecule has 0 spiro atoms. The van der Waals surface area contributed by atoms with Crippen molar-refractivity contribution in [3.63, 3.8) is 0 Å². The molecule has 1 aliphatic rings. The highest BCUT2D eigenvalue weighted by atomic mass is 16.1. The van der Waals surface area contributed by atoms with Gasteiger partial charge in [-0.25, -0.2) is 4.98 Å². The lowest BCUT2D eigenvalue weighted by molar-refractivity contribution is -0.121. The molecule has 1 N–H and O–H groups in total. The molecule has 1 aromatic heterocycles. The van der Waals surface area contributed by atoms with Crippen LogP contribution in [-0.2, 0) is 24.2 Å². The molecule has 0 radical (unpaired) electrons. The van der Waals surface area contributed by atoms with Crippen molar-refractivity contribution in [2.45, 2.75) is 58.9 Å². The largest absolute Gasteiger partial charge is 0.356 e. The minimum atomic E-state index is 0.175. The summed E-state index contributed by atoms with van der Waals surface area (Å²) in [4.78, 5) is 17.3. The van der Waals surface area contributed by atoms with E-state index in [-0.39, 0.29) is 5.91 Å². The van der Waals surface area contributed by atoms with Gasteiger partial charge in [-0.3, -0.25) is 4.79 Å². The molecular weight excluding hydrogens is 454 g/mol. The number of hydrogen-bond donors (Lipinski definition) is 1. The molecule has 1 unspecified atom stereocenters. The Morgan fingerprint density at radius 3 is 2.46 bits per heavy atom. The molecule has 190 valence electrons. The minimum absolute atomic E-state index is 0.175. The van der Waals surface area contributed by atoms with E-state index in [1.807, 2.05) is 6.07 Å². The van der Waals surface area contributed by atoms with Gasteiger partial charge in [-0.1, -0.05) is 72.8 Å². The van der Waals surface area contributed by atoms with Crippen LogP contribution in [0.3, 0.4) is 0 Å². The molecule has 1 amide bonds. The van der Waals surface area contributed by atoms with Crippen LogP contribution >= 0.6 is 0 Å². The highest BCUT2D eigenvalue weighted by Gasteiger charge is 2.21. The standard InChI is InChI=1S/C33H37N3O/c1-24-12-14-30(20-25(24)2)28-15-17-29(18-16-28)31-23-36-22-27(13-19-32(36)35-31)21-34-33(37)11-7-6-10-26-8-4-3-5-9-26/h3-5,8-9,12,14-18,20,23,27H,6-7,10-11,13,19,21-22H2,1-2H3,(H,34,37). The van der Waals surface area contributed by atoms with Gasteiger partial charge >= 0.3 is 0 Å². The van der Waals surface area contributed by atoms with Crippen molar-refractivity contribution in [2.24, 2.45) is 5.92 Å². The maximum absolute atomic E-state index is 12.4. The summed E-state index contributed by atoms with van der Waals surface area (Å²) in [5.74, 6) is 1.78. The third kappa shape index (κ3) is 6.37. The molecule has 3 aromatic carbocycles. The zero-order valence-corrected chi connectivity index (χ0v) is 22.0. The van der Waals surface area contributed by atoms with Gasteiger partial charge < -0.3 is 9.88 Å². The van der Waals surface area contributed by atoms with E-state index in [0.29, 0.717) is 12.3 Å². The molecule has 0 fully saturated rings. The number of imidazole rings is 1. The minimum Gasteiger partial charge on any atom is -0.356 e. The second-order valence-electron chi connectivity index (χ2n) is 10.5. The van der Waals surface area contributed by atoms with Crippen LogP contribution in [0.15, 0.2) is 79.0 Å². The summed E-state index contributed by atoms with van der Waals surface area (Å²) in [5, 5.41) is 3.18. The fraction of sp³-hybridized carbons (Fsp3) is 0.333. The Bertz CT molecular complexity index is 1340. The number of nitrogens with one attached hydrogen (secondary N) is 1. The first-order chi connectivity index (χ1) is 18.0. The number of rotatable bonds is 9. The van der Waals surface area contributed by atoms with Crippen molar-refractivity contribution in [3.05, 3.63) is 102 Å². The number of carbonyl (C=O) groups excluding carboxylic acids is 1. The Morgan fingerprint density at radius 2 is 1.68 bits per heavy atom. The van der Waals surface area contributed by atoms with E-state index in [1.165, 1.54) is 27.8 Å². The third-order valence-electron chi connectivity index (χ3n) is 7.66. The molecule has 0 bridgehead atoms. The summed E-state index contributed by atoms with van der Waals surface area (Å²) >= 11 is 0. The van der Waals surface area contributed by atoms with Crippen molar-refractivity contribution in [3.8, 4) is 22.4 Å². The zero-order chi connectivity index (χ0) is 25.6. The molecule has 0 saturated carbocycles. The lowest BCUT2D eigenvalue weighted by atomic mass is 9.99. The Labute approximate surface area is 220 Å². The van der Waals surface area contributed by atoms with Crippen molar-refractivity contribution < 1.29 is 4.79 Å². The number of benzene rings is 3. The maximum atomic E-state index is 12.4. The Kier molecular flexibility index (Phi) is 7.84. The normalized spacial score (nSPS) is 14.8. The van der Waals surface area contributed by atoms with E-state index in [2.05, 4.69) is 96.7 Å². The monoisotopic (exact) mass is 491 g/mol. The van der Waals surface area contributed by atoms with E-state index in [4.69, 9.17) is 4.98 Å². The zero-order valence-electron chi connectivity index (χ0n) is 22.0.